The highest BCUT2D eigenvalue weighted by Crippen LogP contribution is 2.28. The normalized spacial score (nSPS) is 13.8. The van der Waals surface area contributed by atoms with Crippen LogP contribution in [0, 0.1) is 5.82 Å². The highest BCUT2D eigenvalue weighted by Gasteiger charge is 2.31. The van der Waals surface area contributed by atoms with Crippen LogP contribution in [0.15, 0.2) is 54.7 Å². The molecule has 1 aliphatic rings. The molecule has 4 amide bonds. The second kappa shape index (κ2) is 7.67. The third-order valence-electron chi connectivity index (χ3n) is 4.89. The molecule has 0 unspecified atom stereocenters. The molecular weight excluding hydrogens is 375 g/mol. The van der Waals surface area contributed by atoms with Gasteiger partial charge in [0.25, 0.3) is 5.91 Å². The van der Waals surface area contributed by atoms with Crippen molar-refractivity contribution in [3.05, 3.63) is 77.2 Å². The summed E-state index contributed by atoms with van der Waals surface area (Å²) in [7, 11) is 0. The quantitative estimate of drug-likeness (QED) is 0.653. The second-order valence-electron chi connectivity index (χ2n) is 6.70. The van der Waals surface area contributed by atoms with E-state index in [0.717, 1.165) is 10.9 Å². The third-order valence-corrected chi connectivity index (χ3v) is 4.89. The first kappa shape index (κ1) is 18.5. The Morgan fingerprint density at radius 3 is 2.90 bits per heavy atom. The largest absolute Gasteiger partial charge is 0.332 e. The van der Waals surface area contributed by atoms with Gasteiger partial charge in [-0.15, -0.1) is 0 Å². The number of para-hydroxylation sites is 1. The number of hydrogen-bond donors (Lipinski definition) is 2. The fourth-order valence-corrected chi connectivity index (χ4v) is 3.59. The topological polar surface area (TPSA) is 91.4 Å². The van der Waals surface area contributed by atoms with Crippen LogP contribution in [0.5, 0.6) is 0 Å². The van der Waals surface area contributed by atoms with Gasteiger partial charge in [0.15, 0.2) is 0 Å². The average Bonchev–Trinajstić information content (AvgIpc) is 3.02. The molecule has 7 nitrogen and oxygen atoms in total. The van der Waals surface area contributed by atoms with Crippen molar-refractivity contribution in [2.45, 2.75) is 12.6 Å². The van der Waals surface area contributed by atoms with E-state index in [1.165, 1.54) is 17.0 Å². The lowest BCUT2D eigenvalue weighted by Gasteiger charge is -2.25. The lowest BCUT2D eigenvalue weighted by molar-refractivity contribution is -0.108. The number of amides is 4. The first-order chi connectivity index (χ1) is 14.1. The molecule has 0 saturated heterocycles. The van der Waals surface area contributed by atoms with E-state index in [1.54, 1.807) is 12.3 Å². The molecule has 4 rings (SSSR count). The van der Waals surface area contributed by atoms with E-state index in [9.17, 15) is 18.8 Å². The van der Waals surface area contributed by atoms with Crippen LogP contribution in [0.3, 0.4) is 0 Å². The fourth-order valence-electron chi connectivity index (χ4n) is 3.59. The minimum atomic E-state index is -0.687. The lowest BCUT2D eigenvalue weighted by Crippen LogP contribution is -2.42. The zero-order valence-electron chi connectivity index (χ0n) is 15.3. The summed E-state index contributed by atoms with van der Waals surface area (Å²) < 4.78 is 13.5. The van der Waals surface area contributed by atoms with Gasteiger partial charge < -0.3 is 10.2 Å². The number of nitrogens with one attached hydrogen (secondary N) is 2. The number of benzene rings is 2. The summed E-state index contributed by atoms with van der Waals surface area (Å²) in [5, 5.41) is 5.65. The van der Waals surface area contributed by atoms with Crippen LogP contribution in [0.4, 0.5) is 9.18 Å². The number of nitrogens with zero attached hydrogens (tertiary/aromatic N) is 2. The van der Waals surface area contributed by atoms with E-state index < -0.39 is 17.9 Å². The molecule has 0 fully saturated rings. The summed E-state index contributed by atoms with van der Waals surface area (Å²) in [6, 6.07) is 12.1. The Hall–Kier alpha value is -3.81. The van der Waals surface area contributed by atoms with Crippen LogP contribution in [0.25, 0.3) is 10.9 Å². The van der Waals surface area contributed by atoms with Gasteiger partial charge in [-0.3, -0.25) is 19.9 Å². The first-order valence-corrected chi connectivity index (χ1v) is 8.99. The van der Waals surface area contributed by atoms with Crippen molar-refractivity contribution in [2.24, 2.45) is 0 Å². The first-order valence-electron chi connectivity index (χ1n) is 8.99. The Morgan fingerprint density at radius 1 is 1.24 bits per heavy atom. The van der Waals surface area contributed by atoms with Crippen molar-refractivity contribution in [3.8, 4) is 0 Å². The van der Waals surface area contributed by atoms with Crippen LogP contribution in [-0.4, -0.2) is 34.8 Å². The van der Waals surface area contributed by atoms with Crippen LogP contribution >= 0.6 is 0 Å². The predicted octanol–water partition coefficient (Wildman–Crippen LogP) is 2.53. The number of rotatable bonds is 5. The van der Waals surface area contributed by atoms with Gasteiger partial charge in [-0.05, 0) is 23.8 Å². The Labute approximate surface area is 165 Å². The Morgan fingerprint density at radius 2 is 2.07 bits per heavy atom. The molecule has 3 aromatic rings. The fraction of sp³-hybridized carbons (Fsp3) is 0.143. The van der Waals surface area contributed by atoms with E-state index in [0.29, 0.717) is 23.2 Å². The standard InChI is InChI=1S/C21H17FN4O3/c22-15-7-6-14-10-26(20(28)17(14)9-15)11-18(25-21(29)24-12-27)16-5-1-3-13-4-2-8-23-19(13)16/h1-9,12,18H,10-11H2,(H2,24,25,27,29)/t18-/m0/s1. The highest BCUT2D eigenvalue weighted by atomic mass is 19.1. The zero-order chi connectivity index (χ0) is 20.4. The van der Waals surface area contributed by atoms with Crippen LogP contribution in [-0.2, 0) is 11.3 Å². The number of urea groups is 1. The molecule has 146 valence electrons. The molecule has 2 heterocycles. The molecular formula is C21H17FN4O3. The van der Waals surface area contributed by atoms with Crippen molar-refractivity contribution >= 4 is 29.3 Å². The van der Waals surface area contributed by atoms with Crippen molar-refractivity contribution < 1.29 is 18.8 Å². The number of fused-ring (bicyclic) bond motifs is 2. The number of imide groups is 1. The Balaban J connectivity index is 1.67. The van der Waals surface area contributed by atoms with E-state index in [1.807, 2.05) is 30.3 Å². The van der Waals surface area contributed by atoms with Gasteiger partial charge in [0.1, 0.15) is 5.82 Å². The second-order valence-corrected chi connectivity index (χ2v) is 6.70. The molecule has 2 N–H and O–H groups in total. The van der Waals surface area contributed by atoms with E-state index in [4.69, 9.17) is 0 Å². The Kier molecular flexibility index (Phi) is 4.90. The number of hydrogen-bond acceptors (Lipinski definition) is 4. The summed E-state index contributed by atoms with van der Waals surface area (Å²) in [5.74, 6) is -0.785. The maximum Gasteiger partial charge on any atom is 0.321 e. The van der Waals surface area contributed by atoms with Crippen molar-refractivity contribution in [1.29, 1.82) is 0 Å². The number of carbonyl (C=O) groups is 3. The van der Waals surface area contributed by atoms with E-state index in [-0.39, 0.29) is 18.9 Å². The highest BCUT2D eigenvalue weighted by molar-refractivity contribution is 5.98. The third kappa shape index (κ3) is 3.64. The summed E-state index contributed by atoms with van der Waals surface area (Å²) >= 11 is 0. The molecule has 0 radical (unpaired) electrons. The summed E-state index contributed by atoms with van der Waals surface area (Å²) in [6.45, 7) is 0.442. The van der Waals surface area contributed by atoms with Gasteiger partial charge in [-0.1, -0.05) is 30.3 Å². The Bertz CT molecular complexity index is 1110. The van der Waals surface area contributed by atoms with Crippen LogP contribution in [0.2, 0.25) is 0 Å². The molecule has 0 aliphatic carbocycles. The molecule has 1 atom stereocenters. The molecule has 0 spiro atoms. The molecule has 0 bridgehead atoms. The zero-order valence-corrected chi connectivity index (χ0v) is 15.3. The predicted molar refractivity (Wildman–Crippen MR) is 103 cm³/mol. The average molecular weight is 392 g/mol. The van der Waals surface area contributed by atoms with Gasteiger partial charge in [-0.2, -0.15) is 0 Å². The van der Waals surface area contributed by atoms with E-state index >= 15 is 0 Å². The van der Waals surface area contributed by atoms with Crippen molar-refractivity contribution in [3.63, 3.8) is 0 Å². The minimum Gasteiger partial charge on any atom is -0.332 e. The number of pyridine rings is 1. The van der Waals surface area contributed by atoms with Crippen molar-refractivity contribution in [2.75, 3.05) is 6.54 Å². The van der Waals surface area contributed by atoms with Crippen LogP contribution in [0.1, 0.15) is 27.5 Å². The van der Waals surface area contributed by atoms with Gasteiger partial charge in [0.05, 0.1) is 11.6 Å². The van der Waals surface area contributed by atoms with Gasteiger partial charge >= 0.3 is 6.03 Å². The summed E-state index contributed by atoms with van der Waals surface area (Å²) in [6.07, 6.45) is 1.93. The monoisotopic (exact) mass is 392 g/mol. The number of halogens is 1. The van der Waals surface area contributed by atoms with Gasteiger partial charge in [-0.25, -0.2) is 9.18 Å². The SMILES string of the molecule is O=CNC(=O)N[C@@H](CN1Cc2ccc(F)cc2C1=O)c1cccc2cccnc12. The maximum atomic E-state index is 13.5. The molecule has 1 aromatic heterocycles. The molecule has 1 aliphatic heterocycles. The maximum absolute atomic E-state index is 13.5. The molecule has 0 saturated carbocycles. The number of aromatic nitrogens is 1. The number of carbonyl (C=O) groups excluding carboxylic acids is 3. The molecule has 8 heteroatoms. The van der Waals surface area contributed by atoms with Gasteiger partial charge in [0, 0.05) is 35.8 Å². The lowest BCUT2D eigenvalue weighted by atomic mass is 10.0. The van der Waals surface area contributed by atoms with Gasteiger partial charge in [0.2, 0.25) is 6.41 Å². The smallest absolute Gasteiger partial charge is 0.321 e. The van der Waals surface area contributed by atoms with Crippen LogP contribution < -0.4 is 10.6 Å². The van der Waals surface area contributed by atoms with E-state index in [2.05, 4.69) is 15.6 Å². The minimum absolute atomic E-state index is 0.136. The molecule has 2 aromatic carbocycles. The molecule has 29 heavy (non-hydrogen) atoms. The summed E-state index contributed by atoms with van der Waals surface area (Å²) in [4.78, 5) is 41.4. The summed E-state index contributed by atoms with van der Waals surface area (Å²) in [5.41, 5.74) is 2.43. The van der Waals surface area contributed by atoms with Crippen molar-refractivity contribution in [1.82, 2.24) is 20.5 Å².